The molecule has 11 rings (SSSR count). The van der Waals surface area contributed by atoms with Crippen LogP contribution in [-0.2, 0) is 11.8 Å². The Morgan fingerprint density at radius 3 is 1.63 bits per heavy atom. The lowest BCUT2D eigenvalue weighted by Gasteiger charge is -2.23. The van der Waals surface area contributed by atoms with Gasteiger partial charge >= 0.3 is 0 Å². The fourth-order valence-corrected chi connectivity index (χ4v) is 9.51. The molecule has 57 heavy (non-hydrogen) atoms. The molecule has 1 fully saturated rings. The third-order valence-electron chi connectivity index (χ3n) is 12.4. The van der Waals surface area contributed by atoms with E-state index in [4.69, 9.17) is 4.42 Å². The number of benzene rings is 9. The zero-order valence-corrected chi connectivity index (χ0v) is 31.6. The third kappa shape index (κ3) is 5.86. The molecule has 1 aliphatic carbocycles. The summed E-state index contributed by atoms with van der Waals surface area (Å²) in [6, 6.07) is 77.6. The van der Waals surface area contributed by atoms with E-state index in [1.807, 2.05) is 0 Å². The first-order valence-corrected chi connectivity index (χ1v) is 20.0. The minimum Gasteiger partial charge on any atom is -0.456 e. The molecule has 10 aromatic rings. The van der Waals surface area contributed by atoms with Crippen LogP contribution in [0.4, 0.5) is 0 Å². The Balaban J connectivity index is 1.02. The lowest BCUT2D eigenvalue weighted by molar-refractivity contribution is 0.661. The minimum absolute atomic E-state index is 0.0528. The highest BCUT2D eigenvalue weighted by atomic mass is 16.3. The lowest BCUT2D eigenvalue weighted by atomic mass is 9.80. The summed E-state index contributed by atoms with van der Waals surface area (Å²) in [6.07, 6.45) is 2.06. The fourth-order valence-electron chi connectivity index (χ4n) is 9.51. The normalized spacial score (nSPS) is 16.3. The third-order valence-corrected chi connectivity index (χ3v) is 12.4. The maximum atomic E-state index is 6.81. The highest BCUT2D eigenvalue weighted by molar-refractivity contribution is 6.22. The van der Waals surface area contributed by atoms with Gasteiger partial charge in [-0.3, -0.25) is 0 Å². The van der Waals surface area contributed by atoms with Gasteiger partial charge in [-0.25, -0.2) is 0 Å². The van der Waals surface area contributed by atoms with Crippen molar-refractivity contribution in [2.24, 2.45) is 0 Å². The van der Waals surface area contributed by atoms with Crippen LogP contribution >= 0.6 is 0 Å². The Morgan fingerprint density at radius 2 is 0.947 bits per heavy atom. The second kappa shape index (κ2) is 13.7. The summed E-state index contributed by atoms with van der Waals surface area (Å²) in [6.45, 7) is 0. The molecule has 270 valence electrons. The van der Waals surface area contributed by atoms with Crippen molar-refractivity contribution in [3.63, 3.8) is 0 Å². The van der Waals surface area contributed by atoms with Gasteiger partial charge in [0.05, 0.1) is 0 Å². The van der Waals surface area contributed by atoms with E-state index < -0.39 is 0 Å². The molecule has 2 unspecified atom stereocenters. The Kier molecular flexibility index (Phi) is 8.00. The van der Waals surface area contributed by atoms with Crippen LogP contribution in [-0.4, -0.2) is 0 Å². The van der Waals surface area contributed by atoms with Crippen molar-refractivity contribution >= 4 is 32.7 Å². The lowest BCUT2D eigenvalue weighted by Crippen LogP contribution is -2.15. The van der Waals surface area contributed by atoms with Crippen LogP contribution in [0.25, 0.3) is 77.2 Å². The van der Waals surface area contributed by atoms with Gasteiger partial charge in [0.1, 0.15) is 11.2 Å². The van der Waals surface area contributed by atoms with Crippen LogP contribution in [0.2, 0.25) is 0 Å². The molecule has 1 aromatic heterocycles. The number of furan rings is 1. The minimum atomic E-state index is -0.0528. The van der Waals surface area contributed by atoms with Gasteiger partial charge in [-0.05, 0) is 109 Å². The highest BCUT2D eigenvalue weighted by Crippen LogP contribution is 2.64. The van der Waals surface area contributed by atoms with Crippen molar-refractivity contribution < 1.29 is 4.42 Å². The molecule has 1 heterocycles. The van der Waals surface area contributed by atoms with Gasteiger partial charge in [-0.1, -0.05) is 194 Å². The average Bonchev–Trinajstić information content (AvgIpc) is 3.89. The molecule has 0 spiro atoms. The van der Waals surface area contributed by atoms with Crippen molar-refractivity contribution in [1.29, 1.82) is 0 Å². The van der Waals surface area contributed by atoms with Crippen LogP contribution in [0.5, 0.6) is 0 Å². The molecule has 1 heteroatoms. The van der Waals surface area contributed by atoms with Crippen LogP contribution in [0, 0.1) is 0 Å². The van der Waals surface area contributed by atoms with Gasteiger partial charge in [0.2, 0.25) is 0 Å². The van der Waals surface area contributed by atoms with Crippen LogP contribution in [0.15, 0.2) is 217 Å². The van der Waals surface area contributed by atoms with Gasteiger partial charge in [0.25, 0.3) is 0 Å². The molecule has 0 amide bonds. The van der Waals surface area contributed by atoms with E-state index >= 15 is 0 Å². The van der Waals surface area contributed by atoms with Gasteiger partial charge in [0, 0.05) is 16.2 Å². The summed E-state index contributed by atoms with van der Waals surface area (Å²) in [5.41, 5.74) is 15.8. The van der Waals surface area contributed by atoms with Crippen molar-refractivity contribution in [3.05, 3.63) is 229 Å². The van der Waals surface area contributed by atoms with E-state index in [0.29, 0.717) is 5.92 Å². The van der Waals surface area contributed by atoms with Crippen molar-refractivity contribution in [1.82, 2.24) is 0 Å². The fraction of sp³-hybridized carbons (Fsp3) is 0.0714. The molecule has 0 saturated heterocycles. The molecule has 2 atom stereocenters. The smallest absolute Gasteiger partial charge is 0.136 e. The Morgan fingerprint density at radius 1 is 0.404 bits per heavy atom. The first-order valence-electron chi connectivity index (χ1n) is 20.0. The second-order valence-corrected chi connectivity index (χ2v) is 15.7. The molecule has 0 bridgehead atoms. The summed E-state index contributed by atoms with van der Waals surface area (Å²) < 4.78 is 6.81. The summed E-state index contributed by atoms with van der Waals surface area (Å²) in [4.78, 5) is 0. The van der Waals surface area contributed by atoms with Crippen molar-refractivity contribution in [3.8, 4) is 44.5 Å². The zero-order chi connectivity index (χ0) is 37.8. The van der Waals surface area contributed by atoms with Crippen molar-refractivity contribution in [2.45, 2.75) is 24.2 Å². The van der Waals surface area contributed by atoms with Gasteiger partial charge < -0.3 is 4.42 Å². The first kappa shape index (κ1) is 33.4. The maximum Gasteiger partial charge on any atom is 0.136 e. The van der Waals surface area contributed by atoms with Crippen LogP contribution in [0.3, 0.4) is 0 Å². The maximum absolute atomic E-state index is 6.81. The summed E-state index contributed by atoms with van der Waals surface area (Å²) in [7, 11) is 0. The second-order valence-electron chi connectivity index (χ2n) is 15.7. The largest absolute Gasteiger partial charge is 0.456 e. The predicted molar refractivity (Wildman–Crippen MR) is 239 cm³/mol. The van der Waals surface area contributed by atoms with Gasteiger partial charge in [-0.15, -0.1) is 0 Å². The molecule has 0 radical (unpaired) electrons. The molecule has 1 saturated carbocycles. The van der Waals surface area contributed by atoms with Crippen LogP contribution in [0.1, 0.15) is 29.0 Å². The molecule has 9 aromatic carbocycles. The molecule has 0 aliphatic heterocycles. The molecule has 0 N–H and O–H groups in total. The summed E-state index contributed by atoms with van der Waals surface area (Å²) in [5.74, 6) is 0.398. The van der Waals surface area contributed by atoms with Gasteiger partial charge in [-0.2, -0.15) is 0 Å². The highest BCUT2D eigenvalue weighted by Gasteiger charge is 2.56. The van der Waals surface area contributed by atoms with Gasteiger partial charge in [0.15, 0.2) is 0 Å². The quantitative estimate of drug-likeness (QED) is 0.152. The summed E-state index contributed by atoms with van der Waals surface area (Å²) in [5, 5.41) is 4.79. The zero-order valence-electron chi connectivity index (χ0n) is 31.6. The Labute approximate surface area is 333 Å². The number of fused-ring (bicyclic) bond motifs is 5. The van der Waals surface area contributed by atoms with E-state index in [2.05, 4.69) is 212 Å². The summed E-state index contributed by atoms with van der Waals surface area (Å²) >= 11 is 0. The Bertz CT molecular complexity index is 3030. The SMILES string of the molecule is c1ccc(-c2ccc(CC3(c4ccccc4-c4ccc5c(c4)oc4cc(-c6ccccc6)c6ccccc6c45)CC3c3ccc(-c4ccccc4)cc3)cc2)cc1. The van der Waals surface area contributed by atoms with E-state index in [9.17, 15) is 0 Å². The number of hydrogen-bond acceptors (Lipinski definition) is 1. The van der Waals surface area contributed by atoms with E-state index in [1.165, 1.54) is 77.4 Å². The number of hydrogen-bond donors (Lipinski definition) is 0. The topological polar surface area (TPSA) is 13.1 Å². The van der Waals surface area contributed by atoms with Crippen LogP contribution < -0.4 is 0 Å². The molecule has 1 aliphatic rings. The monoisotopic (exact) mass is 728 g/mol. The molecule has 1 nitrogen and oxygen atoms in total. The predicted octanol–water partition coefficient (Wildman–Crippen LogP) is 15.1. The van der Waals surface area contributed by atoms with E-state index in [0.717, 1.165) is 29.4 Å². The molecular formula is C56H40O. The van der Waals surface area contributed by atoms with E-state index in [1.54, 1.807) is 0 Å². The van der Waals surface area contributed by atoms with E-state index in [-0.39, 0.29) is 5.41 Å². The Hall–Kier alpha value is -6.96. The standard InChI is InChI=1S/C56H40O/c1-4-14-39(15-5-1)41-26-24-38(25-27-41)36-56(37-52(56)44-30-28-42(29-31-44)40-16-6-2-7-17-40)51-23-13-12-20-46(51)45-32-33-49-53(34-45)57-54-35-50(43-18-8-3-9-19-43)47-21-10-11-22-48(47)55(49)54/h1-35,52H,36-37H2. The average molecular weight is 729 g/mol. The first-order chi connectivity index (χ1) is 28.2. The molecular weight excluding hydrogens is 689 g/mol. The number of rotatable bonds is 8. The van der Waals surface area contributed by atoms with Crippen molar-refractivity contribution in [2.75, 3.05) is 0 Å².